The van der Waals surface area contributed by atoms with Crippen molar-refractivity contribution in [2.45, 2.75) is 39.5 Å². The number of fused-ring (bicyclic) bond motifs is 2. The van der Waals surface area contributed by atoms with Gasteiger partial charge in [0.1, 0.15) is 18.2 Å². The molecule has 0 radical (unpaired) electrons. The number of nitrogens with zero attached hydrogens (tertiary/aromatic N) is 4. The molecule has 5 rings (SSSR count). The van der Waals surface area contributed by atoms with E-state index in [1.54, 1.807) is 19.2 Å². The summed E-state index contributed by atoms with van der Waals surface area (Å²) in [6, 6.07) is 9.59. The number of aromatic nitrogens is 3. The fourth-order valence-electron chi connectivity index (χ4n) is 4.68. The average molecular weight is 482 g/mol. The zero-order valence-electron chi connectivity index (χ0n) is 20.2. The van der Waals surface area contributed by atoms with Crippen LogP contribution >= 0.6 is 0 Å². The molecular formula is C25H31N5O5. The fraction of sp³-hybridized carbons (Fsp3) is 0.480. The van der Waals surface area contributed by atoms with E-state index in [1.807, 2.05) is 6.07 Å². The number of ether oxygens (including phenoxy) is 3. The summed E-state index contributed by atoms with van der Waals surface area (Å²) in [5.74, 6) is 4.46. The van der Waals surface area contributed by atoms with Crippen molar-refractivity contribution in [3.8, 4) is 11.5 Å². The maximum Gasteiger partial charge on any atom is 0.287 e. The van der Waals surface area contributed by atoms with E-state index < -0.39 is 0 Å². The van der Waals surface area contributed by atoms with Crippen LogP contribution in [0.25, 0.3) is 0 Å². The maximum absolute atomic E-state index is 12.5. The van der Waals surface area contributed by atoms with E-state index in [4.69, 9.17) is 18.6 Å². The maximum atomic E-state index is 12.5. The summed E-state index contributed by atoms with van der Waals surface area (Å²) in [5.41, 5.74) is 1.26. The van der Waals surface area contributed by atoms with Gasteiger partial charge in [-0.1, -0.05) is 13.0 Å². The van der Waals surface area contributed by atoms with Crippen LogP contribution in [0.1, 0.15) is 40.5 Å². The fourth-order valence-corrected chi connectivity index (χ4v) is 4.68. The van der Waals surface area contributed by atoms with E-state index in [1.165, 1.54) is 5.56 Å². The molecule has 2 aliphatic rings. The molecule has 0 fully saturated rings. The standard InChI is InChI=1S/C25H31N5O5/c1-17(11-18-3-5-20-22(12-18)34-16-33-20)14-29-8-7-23-27-28-24(30(23)10-9-29)13-26-25(31)21-6-4-19(35-21)15-32-2/h3-6,12,17H,7-11,13-16H2,1-2H3,(H,26,31). The average Bonchev–Trinajstić information content (AvgIpc) is 3.57. The molecule has 35 heavy (non-hydrogen) atoms. The van der Waals surface area contributed by atoms with Gasteiger partial charge in [0.25, 0.3) is 5.91 Å². The highest BCUT2D eigenvalue weighted by Gasteiger charge is 2.21. The molecule has 1 unspecified atom stereocenters. The second-order valence-corrected chi connectivity index (χ2v) is 9.11. The van der Waals surface area contributed by atoms with Crippen molar-refractivity contribution >= 4 is 5.91 Å². The van der Waals surface area contributed by atoms with Gasteiger partial charge in [-0.05, 0) is 42.2 Å². The Morgan fingerprint density at radius 2 is 2.03 bits per heavy atom. The minimum absolute atomic E-state index is 0.260. The topological polar surface area (TPSA) is 104 Å². The monoisotopic (exact) mass is 481 g/mol. The Labute approximate surface area is 204 Å². The third kappa shape index (κ3) is 5.49. The number of rotatable bonds is 9. The zero-order chi connectivity index (χ0) is 24.2. The minimum atomic E-state index is -0.280. The number of methoxy groups -OCH3 is 1. The van der Waals surface area contributed by atoms with Crippen LogP contribution in [0.2, 0.25) is 0 Å². The minimum Gasteiger partial charge on any atom is -0.454 e. The molecule has 0 aliphatic carbocycles. The van der Waals surface area contributed by atoms with Gasteiger partial charge in [0.05, 0.1) is 6.54 Å². The highest BCUT2D eigenvalue weighted by atomic mass is 16.7. The first-order valence-corrected chi connectivity index (χ1v) is 12.0. The molecule has 1 atom stereocenters. The van der Waals surface area contributed by atoms with Crippen molar-refractivity contribution in [3.63, 3.8) is 0 Å². The predicted molar refractivity (Wildman–Crippen MR) is 126 cm³/mol. The van der Waals surface area contributed by atoms with Gasteiger partial charge in [-0.15, -0.1) is 10.2 Å². The van der Waals surface area contributed by atoms with Crippen LogP contribution in [0, 0.1) is 5.92 Å². The van der Waals surface area contributed by atoms with E-state index in [0.29, 0.717) is 31.6 Å². The largest absolute Gasteiger partial charge is 0.454 e. The van der Waals surface area contributed by atoms with E-state index in [0.717, 1.165) is 62.2 Å². The molecule has 0 spiro atoms. The van der Waals surface area contributed by atoms with Crippen molar-refractivity contribution in [1.82, 2.24) is 25.0 Å². The summed E-state index contributed by atoms with van der Waals surface area (Å²) < 4.78 is 23.6. The van der Waals surface area contributed by atoms with Crippen molar-refractivity contribution in [3.05, 3.63) is 59.1 Å². The number of hydrogen-bond acceptors (Lipinski definition) is 8. The van der Waals surface area contributed by atoms with E-state index in [-0.39, 0.29) is 11.7 Å². The molecule has 3 aromatic rings. The van der Waals surface area contributed by atoms with Crippen molar-refractivity contribution in [2.24, 2.45) is 5.92 Å². The number of amides is 1. The first-order chi connectivity index (χ1) is 17.1. The van der Waals surface area contributed by atoms with Crippen LogP contribution in [0.3, 0.4) is 0 Å². The molecule has 2 aliphatic heterocycles. The second-order valence-electron chi connectivity index (χ2n) is 9.11. The number of nitrogens with one attached hydrogen (secondary N) is 1. The molecule has 1 amide bonds. The van der Waals surface area contributed by atoms with Crippen molar-refractivity contribution < 1.29 is 23.4 Å². The quantitative estimate of drug-likeness (QED) is 0.497. The second kappa shape index (κ2) is 10.5. The summed E-state index contributed by atoms with van der Waals surface area (Å²) >= 11 is 0. The van der Waals surface area contributed by atoms with Gasteiger partial charge in [0.2, 0.25) is 6.79 Å². The Hall–Kier alpha value is -3.37. The predicted octanol–water partition coefficient (Wildman–Crippen LogP) is 2.41. The van der Waals surface area contributed by atoms with Gasteiger partial charge in [0, 0.05) is 39.7 Å². The van der Waals surface area contributed by atoms with Crippen molar-refractivity contribution in [1.29, 1.82) is 0 Å². The Morgan fingerprint density at radius 3 is 2.91 bits per heavy atom. The Bertz CT molecular complexity index is 1170. The Kier molecular flexibility index (Phi) is 7.01. The third-order valence-corrected chi connectivity index (χ3v) is 6.37. The molecule has 10 nitrogen and oxygen atoms in total. The van der Waals surface area contributed by atoms with Crippen LogP contribution in [0.4, 0.5) is 0 Å². The summed E-state index contributed by atoms with van der Waals surface area (Å²) in [6.45, 7) is 6.85. The molecule has 0 saturated carbocycles. The number of carbonyl (C=O) groups is 1. The lowest BCUT2D eigenvalue weighted by atomic mass is 10.00. The lowest BCUT2D eigenvalue weighted by molar-refractivity contribution is 0.0912. The van der Waals surface area contributed by atoms with Gasteiger partial charge in [-0.3, -0.25) is 4.79 Å². The SMILES string of the molecule is COCc1ccc(C(=O)NCc2nnc3n2CCN(CC(C)Cc2ccc4c(c2)OCO4)CC3)o1. The van der Waals surface area contributed by atoms with Gasteiger partial charge in [0.15, 0.2) is 23.1 Å². The van der Waals surface area contributed by atoms with E-state index in [2.05, 4.69) is 44.0 Å². The summed E-state index contributed by atoms with van der Waals surface area (Å²) in [6.07, 6.45) is 1.81. The number of hydrogen-bond donors (Lipinski definition) is 1. The van der Waals surface area contributed by atoms with Crippen LogP contribution in [-0.2, 0) is 37.3 Å². The molecule has 1 aromatic carbocycles. The highest BCUT2D eigenvalue weighted by Crippen LogP contribution is 2.33. The first kappa shape index (κ1) is 23.4. The van der Waals surface area contributed by atoms with Crippen LogP contribution < -0.4 is 14.8 Å². The van der Waals surface area contributed by atoms with Gasteiger partial charge >= 0.3 is 0 Å². The molecular weight excluding hydrogens is 450 g/mol. The van der Waals surface area contributed by atoms with Crippen molar-refractivity contribution in [2.75, 3.05) is 33.5 Å². The normalized spacial score (nSPS) is 16.1. The smallest absolute Gasteiger partial charge is 0.287 e. The Morgan fingerprint density at radius 1 is 1.14 bits per heavy atom. The first-order valence-electron chi connectivity index (χ1n) is 12.0. The highest BCUT2D eigenvalue weighted by molar-refractivity contribution is 5.91. The molecule has 186 valence electrons. The third-order valence-electron chi connectivity index (χ3n) is 6.37. The van der Waals surface area contributed by atoms with Crippen LogP contribution in [-0.4, -0.2) is 59.1 Å². The summed E-state index contributed by atoms with van der Waals surface area (Å²) in [4.78, 5) is 14.9. The van der Waals surface area contributed by atoms with Crippen LogP contribution in [0.5, 0.6) is 11.5 Å². The van der Waals surface area contributed by atoms with Gasteiger partial charge in [-0.25, -0.2) is 0 Å². The van der Waals surface area contributed by atoms with Gasteiger partial charge < -0.3 is 33.4 Å². The van der Waals surface area contributed by atoms with Gasteiger partial charge in [-0.2, -0.15) is 0 Å². The summed E-state index contributed by atoms with van der Waals surface area (Å²) in [5, 5.41) is 11.6. The molecule has 4 heterocycles. The molecule has 0 saturated heterocycles. The van der Waals surface area contributed by atoms with Crippen LogP contribution in [0.15, 0.2) is 34.7 Å². The Balaban J connectivity index is 1.12. The molecule has 0 bridgehead atoms. The van der Waals surface area contributed by atoms with E-state index >= 15 is 0 Å². The number of benzene rings is 1. The number of carbonyl (C=O) groups excluding carboxylic acids is 1. The zero-order valence-corrected chi connectivity index (χ0v) is 20.2. The van der Waals surface area contributed by atoms with E-state index in [9.17, 15) is 4.79 Å². The summed E-state index contributed by atoms with van der Waals surface area (Å²) in [7, 11) is 1.58. The molecule has 10 heteroatoms. The number of furan rings is 1. The molecule has 1 N–H and O–H groups in total. The lowest BCUT2D eigenvalue weighted by Gasteiger charge is -2.24. The molecule has 2 aromatic heterocycles. The lowest BCUT2D eigenvalue weighted by Crippen LogP contribution is -2.32.